The lowest BCUT2D eigenvalue weighted by atomic mass is 9.87. The van der Waals surface area contributed by atoms with Gasteiger partial charge in [0.1, 0.15) is 5.82 Å². The second kappa shape index (κ2) is 5.00. The van der Waals surface area contributed by atoms with Gasteiger partial charge in [-0.15, -0.1) is 0 Å². The quantitative estimate of drug-likeness (QED) is 0.574. The van der Waals surface area contributed by atoms with E-state index in [2.05, 4.69) is 28.8 Å². The van der Waals surface area contributed by atoms with E-state index in [4.69, 9.17) is 4.98 Å². The Hall–Kier alpha value is -2.59. The van der Waals surface area contributed by atoms with Gasteiger partial charge in [0.25, 0.3) is 0 Å². The van der Waals surface area contributed by atoms with Crippen LogP contribution in [0, 0.1) is 0 Å². The molecular weight excluding hydrogens is 271 g/mol. The summed E-state index contributed by atoms with van der Waals surface area (Å²) in [6, 6.07) is 20.5. The Morgan fingerprint density at radius 2 is 1.73 bits per heavy atom. The average Bonchev–Trinajstić information content (AvgIpc) is 2.91. The first kappa shape index (κ1) is 13.1. The van der Waals surface area contributed by atoms with Crippen LogP contribution in [0.25, 0.3) is 33.2 Å². The lowest BCUT2D eigenvalue weighted by Gasteiger charge is -2.05. The van der Waals surface area contributed by atoms with E-state index >= 15 is 0 Å². The fraction of sp³-hybridized carbons (Fsp3) is 0.0556. The van der Waals surface area contributed by atoms with Crippen LogP contribution in [-0.2, 0) is 7.05 Å². The Morgan fingerprint density at radius 3 is 2.55 bits per heavy atom. The molecule has 0 saturated carbocycles. The minimum absolute atomic E-state index is 0.0719. The van der Waals surface area contributed by atoms with Crippen molar-refractivity contribution in [2.24, 2.45) is 7.05 Å². The highest BCUT2D eigenvalue weighted by Crippen LogP contribution is 2.26. The van der Waals surface area contributed by atoms with E-state index in [1.54, 1.807) is 0 Å². The fourth-order valence-electron chi connectivity index (χ4n) is 2.94. The predicted octanol–water partition coefficient (Wildman–Crippen LogP) is 2.36. The van der Waals surface area contributed by atoms with Gasteiger partial charge in [-0.1, -0.05) is 47.9 Å². The molecule has 3 aromatic carbocycles. The van der Waals surface area contributed by atoms with E-state index in [1.165, 1.54) is 0 Å². The number of aromatic nitrogens is 2. The molecule has 0 aliphatic rings. The van der Waals surface area contributed by atoms with E-state index < -0.39 is 0 Å². The third-order valence-corrected chi connectivity index (χ3v) is 4.13. The second-order valence-corrected chi connectivity index (χ2v) is 5.54. The van der Waals surface area contributed by atoms with Gasteiger partial charge in [-0.05, 0) is 29.0 Å². The molecule has 0 saturated heterocycles. The van der Waals surface area contributed by atoms with Crippen molar-refractivity contribution in [3.63, 3.8) is 0 Å². The number of rotatable bonds is 2. The minimum Gasteiger partial charge on any atom is -0.449 e. The number of hydrogen-bond acceptors (Lipinski definition) is 2. The molecule has 0 radical (unpaired) electrons. The zero-order chi connectivity index (χ0) is 15.1. The van der Waals surface area contributed by atoms with Crippen LogP contribution in [-0.4, -0.2) is 22.1 Å². The van der Waals surface area contributed by atoms with Crippen molar-refractivity contribution in [1.29, 1.82) is 0 Å². The van der Waals surface area contributed by atoms with Crippen LogP contribution < -0.4 is 5.46 Å². The summed E-state index contributed by atoms with van der Waals surface area (Å²) in [4.78, 5) is 4.75. The number of para-hydroxylation sites is 2. The minimum atomic E-state index is 0.0719. The fourth-order valence-corrected chi connectivity index (χ4v) is 2.94. The average molecular weight is 286 g/mol. The Morgan fingerprint density at radius 1 is 0.955 bits per heavy atom. The Labute approximate surface area is 129 Å². The van der Waals surface area contributed by atoms with Gasteiger partial charge in [-0.2, -0.15) is 0 Å². The normalized spacial score (nSPS) is 11.2. The zero-order valence-corrected chi connectivity index (χ0v) is 12.3. The van der Waals surface area contributed by atoms with Gasteiger partial charge in [0.05, 0.1) is 11.0 Å². The lowest BCUT2D eigenvalue weighted by Crippen LogP contribution is -2.12. The molecule has 0 aliphatic heterocycles. The van der Waals surface area contributed by atoms with E-state index in [9.17, 15) is 5.02 Å². The molecular formula is C18H15BN2O. The van der Waals surface area contributed by atoms with Crippen LogP contribution in [0.2, 0.25) is 0 Å². The maximum Gasteiger partial charge on any atom is 0.304 e. The molecule has 1 aromatic heterocycles. The summed E-state index contributed by atoms with van der Waals surface area (Å²) in [5, 5.41) is 11.5. The summed E-state index contributed by atoms with van der Waals surface area (Å²) in [5.74, 6) is 0.967. The number of imidazole rings is 1. The summed E-state index contributed by atoms with van der Waals surface area (Å²) in [6.07, 6.45) is 0. The van der Waals surface area contributed by atoms with E-state index in [-0.39, 0.29) is 7.48 Å². The van der Waals surface area contributed by atoms with Gasteiger partial charge in [-0.3, -0.25) is 0 Å². The standard InChI is InChI=1S/C18H15BN2O/c1-21-17-5-3-2-4-16(17)20-18(21)14-7-6-13-11-15(19-22)9-8-12(13)10-14/h2-11,19,22H,1H3. The van der Waals surface area contributed by atoms with Crippen molar-refractivity contribution < 1.29 is 5.02 Å². The molecule has 0 fully saturated rings. The summed E-state index contributed by atoms with van der Waals surface area (Å²) >= 11 is 0. The van der Waals surface area contributed by atoms with Crippen molar-refractivity contribution in [3.8, 4) is 11.4 Å². The maximum absolute atomic E-state index is 9.23. The number of benzene rings is 3. The van der Waals surface area contributed by atoms with E-state index in [1.807, 2.05) is 43.4 Å². The smallest absolute Gasteiger partial charge is 0.304 e. The Kier molecular flexibility index (Phi) is 2.98. The molecule has 0 atom stereocenters. The van der Waals surface area contributed by atoms with Crippen molar-refractivity contribution in [3.05, 3.63) is 60.7 Å². The Balaban J connectivity index is 1.90. The second-order valence-electron chi connectivity index (χ2n) is 5.54. The molecule has 0 unspecified atom stereocenters. The molecule has 4 heteroatoms. The van der Waals surface area contributed by atoms with Crippen LogP contribution in [0.15, 0.2) is 60.7 Å². The molecule has 0 aliphatic carbocycles. The molecule has 4 aromatic rings. The van der Waals surface area contributed by atoms with Crippen LogP contribution in [0.3, 0.4) is 0 Å². The van der Waals surface area contributed by atoms with E-state index in [0.29, 0.717) is 0 Å². The van der Waals surface area contributed by atoms with Crippen LogP contribution in [0.4, 0.5) is 0 Å². The Bertz CT molecular complexity index is 991. The largest absolute Gasteiger partial charge is 0.449 e. The molecule has 0 spiro atoms. The summed E-state index contributed by atoms with van der Waals surface area (Å²) in [5.41, 5.74) is 4.18. The van der Waals surface area contributed by atoms with Crippen molar-refractivity contribution in [1.82, 2.24) is 9.55 Å². The van der Waals surface area contributed by atoms with Crippen molar-refractivity contribution >= 4 is 34.8 Å². The molecule has 0 bridgehead atoms. The van der Waals surface area contributed by atoms with Crippen molar-refractivity contribution in [2.45, 2.75) is 0 Å². The highest BCUT2D eigenvalue weighted by molar-refractivity contribution is 6.46. The molecule has 0 amide bonds. The topological polar surface area (TPSA) is 38.0 Å². The van der Waals surface area contributed by atoms with Gasteiger partial charge in [0.2, 0.25) is 0 Å². The highest BCUT2D eigenvalue weighted by atomic mass is 16.2. The number of aryl methyl sites for hydroxylation is 1. The molecule has 1 N–H and O–H groups in total. The van der Waals surface area contributed by atoms with Crippen LogP contribution in [0.5, 0.6) is 0 Å². The third kappa shape index (κ3) is 2.00. The summed E-state index contributed by atoms with van der Waals surface area (Å²) < 4.78 is 2.12. The number of fused-ring (bicyclic) bond motifs is 2. The van der Waals surface area contributed by atoms with Crippen LogP contribution in [0.1, 0.15) is 0 Å². The molecule has 4 rings (SSSR count). The first-order valence-electron chi connectivity index (χ1n) is 7.31. The molecule has 3 nitrogen and oxygen atoms in total. The van der Waals surface area contributed by atoms with Gasteiger partial charge in [0, 0.05) is 12.6 Å². The third-order valence-electron chi connectivity index (χ3n) is 4.13. The summed E-state index contributed by atoms with van der Waals surface area (Å²) in [7, 11) is 2.12. The maximum atomic E-state index is 9.23. The zero-order valence-electron chi connectivity index (χ0n) is 12.3. The SMILES string of the molecule is Cn1c(-c2ccc3cc(BO)ccc3c2)nc2ccccc21. The number of nitrogens with zero attached hydrogens (tertiary/aromatic N) is 2. The predicted molar refractivity (Wildman–Crippen MR) is 92.7 cm³/mol. The molecule has 22 heavy (non-hydrogen) atoms. The lowest BCUT2D eigenvalue weighted by molar-refractivity contribution is 0.615. The van der Waals surface area contributed by atoms with Gasteiger partial charge in [-0.25, -0.2) is 4.98 Å². The van der Waals surface area contributed by atoms with Gasteiger partial charge in [0.15, 0.2) is 0 Å². The van der Waals surface area contributed by atoms with Crippen molar-refractivity contribution in [2.75, 3.05) is 0 Å². The van der Waals surface area contributed by atoms with E-state index in [0.717, 1.165) is 38.7 Å². The monoisotopic (exact) mass is 286 g/mol. The van der Waals surface area contributed by atoms with Gasteiger partial charge >= 0.3 is 7.48 Å². The summed E-state index contributed by atoms with van der Waals surface area (Å²) in [6.45, 7) is 0. The first-order valence-corrected chi connectivity index (χ1v) is 7.31. The van der Waals surface area contributed by atoms with Crippen LogP contribution >= 0.6 is 0 Å². The highest BCUT2D eigenvalue weighted by Gasteiger charge is 2.10. The number of hydrogen-bond donors (Lipinski definition) is 1. The van der Waals surface area contributed by atoms with Gasteiger partial charge < -0.3 is 9.59 Å². The molecule has 106 valence electrons. The molecule has 1 heterocycles. The first-order chi connectivity index (χ1) is 10.8.